The molecule has 0 unspecified atom stereocenters. The van der Waals surface area contributed by atoms with E-state index in [1.54, 1.807) is 18.4 Å². The van der Waals surface area contributed by atoms with Crippen molar-refractivity contribution in [2.75, 3.05) is 38.2 Å². The third kappa shape index (κ3) is 4.15. The summed E-state index contributed by atoms with van der Waals surface area (Å²) in [6.45, 7) is 2.84. The fourth-order valence-corrected chi connectivity index (χ4v) is 5.48. The molecule has 6 rings (SSSR count). The average Bonchev–Trinajstić information content (AvgIpc) is 3.53. The van der Waals surface area contributed by atoms with Crippen LogP contribution < -0.4 is 9.64 Å². The maximum atomic E-state index is 13.1. The van der Waals surface area contributed by atoms with Crippen molar-refractivity contribution in [3.05, 3.63) is 71.6 Å². The molecule has 8 nitrogen and oxygen atoms in total. The number of hydrogen-bond acceptors (Lipinski definition) is 7. The van der Waals surface area contributed by atoms with Crippen LogP contribution in [-0.4, -0.2) is 63.7 Å². The fraction of sp³-hybridized carbons (Fsp3) is 0.259. The van der Waals surface area contributed by atoms with E-state index in [4.69, 9.17) is 9.72 Å². The Bertz CT molecular complexity index is 1530. The van der Waals surface area contributed by atoms with Gasteiger partial charge in [-0.2, -0.15) is 0 Å². The van der Waals surface area contributed by atoms with Crippen LogP contribution in [0.15, 0.2) is 66.0 Å². The Labute approximate surface area is 212 Å². The number of fused-ring (bicyclic) bond motifs is 3. The minimum absolute atomic E-state index is 0.130. The normalized spacial score (nSPS) is 14.4. The van der Waals surface area contributed by atoms with Gasteiger partial charge in [-0.1, -0.05) is 30.3 Å². The number of carbonyl (C=O) groups excluding carboxylic acids is 1. The first-order valence-corrected chi connectivity index (χ1v) is 12.9. The predicted octanol–water partition coefficient (Wildman–Crippen LogP) is 4.30. The molecule has 4 heterocycles. The minimum atomic E-state index is 0.130. The molecule has 0 spiro atoms. The highest BCUT2D eigenvalue weighted by atomic mass is 32.1. The Morgan fingerprint density at radius 2 is 1.92 bits per heavy atom. The smallest absolute Gasteiger partial charge is 0.227 e. The van der Waals surface area contributed by atoms with Gasteiger partial charge in [0.25, 0.3) is 0 Å². The molecule has 9 heteroatoms. The van der Waals surface area contributed by atoms with Gasteiger partial charge in [-0.05, 0) is 47.7 Å². The number of ether oxygens (including phenoxy) is 1. The van der Waals surface area contributed by atoms with Crippen molar-refractivity contribution in [2.45, 2.75) is 12.8 Å². The van der Waals surface area contributed by atoms with Crippen molar-refractivity contribution in [3.63, 3.8) is 0 Å². The Kier molecular flexibility index (Phi) is 5.98. The maximum Gasteiger partial charge on any atom is 0.227 e. The number of carbonyl (C=O) groups is 1. The molecule has 0 N–H and O–H groups in total. The molecular weight excluding hydrogens is 472 g/mol. The molecule has 5 aromatic rings. The Hall–Kier alpha value is -3.98. The third-order valence-corrected chi connectivity index (χ3v) is 7.46. The molecule has 1 amide bonds. The van der Waals surface area contributed by atoms with Gasteiger partial charge in [0.15, 0.2) is 11.5 Å². The summed E-state index contributed by atoms with van der Waals surface area (Å²) in [5.41, 5.74) is 2.65. The van der Waals surface area contributed by atoms with E-state index in [9.17, 15) is 4.79 Å². The first-order valence-electron chi connectivity index (χ1n) is 12.0. The zero-order chi connectivity index (χ0) is 24.5. The van der Waals surface area contributed by atoms with Crippen LogP contribution in [0, 0.1) is 0 Å². The second-order valence-electron chi connectivity index (χ2n) is 8.84. The van der Waals surface area contributed by atoms with Crippen molar-refractivity contribution < 1.29 is 9.53 Å². The molecule has 0 aliphatic carbocycles. The van der Waals surface area contributed by atoms with Crippen LogP contribution in [0.2, 0.25) is 0 Å². The van der Waals surface area contributed by atoms with Gasteiger partial charge in [-0.15, -0.1) is 21.5 Å². The van der Waals surface area contributed by atoms with E-state index in [0.717, 1.165) is 64.0 Å². The molecule has 182 valence electrons. The first-order chi connectivity index (χ1) is 17.7. The lowest BCUT2D eigenvalue weighted by atomic mass is 10.1. The van der Waals surface area contributed by atoms with Gasteiger partial charge in [0.05, 0.1) is 23.9 Å². The van der Waals surface area contributed by atoms with E-state index < -0.39 is 0 Å². The summed E-state index contributed by atoms with van der Waals surface area (Å²) in [7, 11) is 1.64. The van der Waals surface area contributed by atoms with Crippen LogP contribution in [0.3, 0.4) is 0 Å². The number of methoxy groups -OCH3 is 1. The van der Waals surface area contributed by atoms with Crippen molar-refractivity contribution in [1.82, 2.24) is 24.5 Å². The molecule has 2 aromatic carbocycles. The van der Waals surface area contributed by atoms with Gasteiger partial charge in [0, 0.05) is 31.6 Å². The summed E-state index contributed by atoms with van der Waals surface area (Å²) in [5.74, 6) is 2.51. The largest absolute Gasteiger partial charge is 0.497 e. The number of aromatic nitrogens is 4. The monoisotopic (exact) mass is 498 g/mol. The van der Waals surface area contributed by atoms with Crippen LogP contribution >= 0.6 is 11.3 Å². The minimum Gasteiger partial charge on any atom is -0.497 e. The van der Waals surface area contributed by atoms with Gasteiger partial charge in [0.1, 0.15) is 5.75 Å². The van der Waals surface area contributed by atoms with Crippen molar-refractivity contribution in [3.8, 4) is 16.5 Å². The average molecular weight is 499 g/mol. The lowest BCUT2D eigenvalue weighted by molar-refractivity contribution is -0.130. The van der Waals surface area contributed by atoms with Crippen LogP contribution in [0.25, 0.3) is 27.3 Å². The van der Waals surface area contributed by atoms with Gasteiger partial charge in [-0.3, -0.25) is 4.79 Å². The highest BCUT2D eigenvalue weighted by Crippen LogP contribution is 2.30. The van der Waals surface area contributed by atoms with E-state index in [2.05, 4.69) is 25.6 Å². The number of anilines is 1. The molecular formula is C27H26N6O2S. The molecule has 0 radical (unpaired) electrons. The van der Waals surface area contributed by atoms with Gasteiger partial charge >= 0.3 is 0 Å². The fourth-order valence-electron chi connectivity index (χ4n) is 4.78. The highest BCUT2D eigenvalue weighted by Gasteiger charge is 2.24. The summed E-state index contributed by atoms with van der Waals surface area (Å²) < 4.78 is 7.38. The summed E-state index contributed by atoms with van der Waals surface area (Å²) in [6.07, 6.45) is 1.22. The molecule has 3 aromatic heterocycles. The Morgan fingerprint density at radius 3 is 2.78 bits per heavy atom. The molecule has 1 fully saturated rings. The second-order valence-corrected chi connectivity index (χ2v) is 9.79. The van der Waals surface area contributed by atoms with Gasteiger partial charge in [0.2, 0.25) is 11.9 Å². The van der Waals surface area contributed by atoms with Crippen LogP contribution in [0.1, 0.15) is 12.0 Å². The maximum absolute atomic E-state index is 13.1. The molecule has 0 saturated carbocycles. The number of benzene rings is 2. The molecule has 0 atom stereocenters. The summed E-state index contributed by atoms with van der Waals surface area (Å²) in [5, 5.41) is 12.1. The lowest BCUT2D eigenvalue weighted by Crippen LogP contribution is -2.36. The lowest BCUT2D eigenvalue weighted by Gasteiger charge is -2.24. The number of nitrogens with zero attached hydrogens (tertiary/aromatic N) is 6. The SMILES string of the molecule is COc1cccc(CC(=O)N2CCCN(c3nc4ccccc4c4nnc(-c5cccs5)n34)CC2)c1. The van der Waals surface area contributed by atoms with Crippen molar-refractivity contribution in [2.24, 2.45) is 0 Å². The van der Waals surface area contributed by atoms with Gasteiger partial charge < -0.3 is 14.5 Å². The Morgan fingerprint density at radius 1 is 1.00 bits per heavy atom. The first kappa shape index (κ1) is 22.5. The molecule has 36 heavy (non-hydrogen) atoms. The molecule has 1 aliphatic heterocycles. The number of amides is 1. The predicted molar refractivity (Wildman–Crippen MR) is 142 cm³/mol. The van der Waals surface area contributed by atoms with Gasteiger partial charge in [-0.25, -0.2) is 9.38 Å². The van der Waals surface area contributed by atoms with E-state index in [0.29, 0.717) is 19.5 Å². The standard InChI is InChI=1S/C27H26N6O2S/c1-35-20-8-4-7-19(17-20)18-24(34)31-12-6-13-32(15-14-31)27-28-22-10-3-2-9-21(22)25-29-30-26(33(25)27)23-11-5-16-36-23/h2-5,7-11,16-17H,6,12-15,18H2,1H3. The second kappa shape index (κ2) is 9.58. The number of hydrogen-bond donors (Lipinski definition) is 0. The summed E-state index contributed by atoms with van der Waals surface area (Å²) in [6, 6.07) is 19.8. The quantitative estimate of drug-likeness (QED) is 0.360. The number of thiophene rings is 1. The highest BCUT2D eigenvalue weighted by molar-refractivity contribution is 7.13. The molecule has 1 saturated heterocycles. The van der Waals surface area contributed by atoms with E-state index in [1.165, 1.54) is 0 Å². The van der Waals surface area contributed by atoms with E-state index >= 15 is 0 Å². The zero-order valence-electron chi connectivity index (χ0n) is 20.0. The van der Waals surface area contributed by atoms with Crippen LogP contribution in [0.5, 0.6) is 5.75 Å². The summed E-state index contributed by atoms with van der Waals surface area (Å²) in [4.78, 5) is 23.5. The van der Waals surface area contributed by atoms with Crippen molar-refractivity contribution in [1.29, 1.82) is 0 Å². The number of para-hydroxylation sites is 1. The summed E-state index contributed by atoms with van der Waals surface area (Å²) >= 11 is 1.64. The van der Waals surface area contributed by atoms with Crippen LogP contribution in [0.4, 0.5) is 5.95 Å². The zero-order valence-corrected chi connectivity index (χ0v) is 20.8. The van der Waals surface area contributed by atoms with E-state index in [-0.39, 0.29) is 5.91 Å². The Balaban J connectivity index is 1.30. The molecule has 0 bridgehead atoms. The third-order valence-electron chi connectivity index (χ3n) is 6.59. The topological polar surface area (TPSA) is 75.9 Å². The van der Waals surface area contributed by atoms with Crippen molar-refractivity contribution >= 4 is 39.7 Å². The van der Waals surface area contributed by atoms with E-state index in [1.807, 2.05) is 64.9 Å². The number of rotatable bonds is 5. The molecule has 1 aliphatic rings. The van der Waals surface area contributed by atoms with Crippen LogP contribution in [-0.2, 0) is 11.2 Å².